The lowest BCUT2D eigenvalue weighted by Crippen LogP contribution is -2.01. The summed E-state index contributed by atoms with van der Waals surface area (Å²) in [5.41, 5.74) is 3.88. The van der Waals surface area contributed by atoms with E-state index in [9.17, 15) is 0 Å². The summed E-state index contributed by atoms with van der Waals surface area (Å²) in [5, 5.41) is 13.9. The number of nitrogens with zero attached hydrogens (tertiary/aromatic N) is 4. The van der Waals surface area contributed by atoms with Crippen molar-refractivity contribution in [1.29, 1.82) is 5.26 Å². The van der Waals surface area contributed by atoms with E-state index in [1.807, 2.05) is 32.0 Å². The molecule has 2 aromatic heterocycles. The molecule has 0 aliphatic rings. The zero-order chi connectivity index (χ0) is 17.1. The molecule has 0 amide bonds. The van der Waals surface area contributed by atoms with Crippen molar-refractivity contribution in [2.75, 3.05) is 0 Å². The number of benzene rings is 1. The van der Waals surface area contributed by atoms with Gasteiger partial charge >= 0.3 is 0 Å². The molecule has 0 fully saturated rings. The molecule has 2 heterocycles. The van der Waals surface area contributed by atoms with Crippen LogP contribution in [0.5, 0.6) is 5.75 Å². The van der Waals surface area contributed by atoms with Gasteiger partial charge in [0.05, 0.1) is 22.0 Å². The van der Waals surface area contributed by atoms with E-state index >= 15 is 0 Å². The molecule has 1 aromatic carbocycles. The molecule has 24 heavy (non-hydrogen) atoms. The average Bonchev–Trinajstić information content (AvgIpc) is 2.88. The molecule has 0 N–H and O–H groups in total. The van der Waals surface area contributed by atoms with Crippen molar-refractivity contribution in [3.05, 3.63) is 70.3 Å². The highest BCUT2D eigenvalue weighted by Crippen LogP contribution is 2.27. The minimum atomic E-state index is 0.403. The van der Waals surface area contributed by atoms with Crippen LogP contribution in [0, 0.1) is 25.2 Å². The van der Waals surface area contributed by atoms with Crippen LogP contribution in [0.1, 0.15) is 22.5 Å². The van der Waals surface area contributed by atoms with Gasteiger partial charge in [0.25, 0.3) is 0 Å². The minimum absolute atomic E-state index is 0.403. The second-order valence-electron chi connectivity index (χ2n) is 5.34. The molecule has 0 saturated heterocycles. The maximum absolute atomic E-state index is 8.98. The minimum Gasteiger partial charge on any atom is -0.485 e. The van der Waals surface area contributed by atoms with Crippen LogP contribution in [0.2, 0.25) is 5.02 Å². The molecule has 0 aliphatic heterocycles. The Bertz CT molecular complexity index is 913. The number of aryl methyl sites for hydroxylation is 1. The van der Waals surface area contributed by atoms with E-state index in [0.29, 0.717) is 17.2 Å². The van der Waals surface area contributed by atoms with E-state index in [1.165, 1.54) is 0 Å². The first kappa shape index (κ1) is 16.0. The van der Waals surface area contributed by atoms with Crippen molar-refractivity contribution < 1.29 is 4.74 Å². The summed E-state index contributed by atoms with van der Waals surface area (Å²) >= 11 is 6.12. The van der Waals surface area contributed by atoms with Crippen LogP contribution in [0.25, 0.3) is 5.69 Å². The van der Waals surface area contributed by atoms with Crippen LogP contribution in [-0.4, -0.2) is 14.8 Å². The largest absolute Gasteiger partial charge is 0.485 e. The van der Waals surface area contributed by atoms with Crippen LogP contribution in [-0.2, 0) is 6.61 Å². The van der Waals surface area contributed by atoms with Gasteiger partial charge < -0.3 is 4.74 Å². The summed E-state index contributed by atoms with van der Waals surface area (Å²) in [6.07, 6.45) is 3.50. The molecule has 0 spiro atoms. The topological polar surface area (TPSA) is 63.7 Å². The summed E-state index contributed by atoms with van der Waals surface area (Å²) in [7, 11) is 0. The summed E-state index contributed by atoms with van der Waals surface area (Å²) < 4.78 is 7.69. The Morgan fingerprint density at radius 1 is 1.29 bits per heavy atom. The third-order valence-corrected chi connectivity index (χ3v) is 3.96. The molecule has 0 atom stereocenters. The molecule has 0 bridgehead atoms. The third-order valence-electron chi connectivity index (χ3n) is 3.65. The van der Waals surface area contributed by atoms with Gasteiger partial charge in [0.15, 0.2) is 5.75 Å². The normalized spacial score (nSPS) is 10.4. The Balaban J connectivity index is 1.89. The summed E-state index contributed by atoms with van der Waals surface area (Å²) in [5.74, 6) is 0.735. The molecule has 120 valence electrons. The Morgan fingerprint density at radius 2 is 2.12 bits per heavy atom. The zero-order valence-corrected chi connectivity index (χ0v) is 14.1. The lowest BCUT2D eigenvalue weighted by molar-refractivity contribution is 0.301. The highest BCUT2D eigenvalue weighted by atomic mass is 35.5. The number of hydrogen-bond acceptors (Lipinski definition) is 4. The van der Waals surface area contributed by atoms with Gasteiger partial charge in [-0.15, -0.1) is 0 Å². The van der Waals surface area contributed by atoms with Crippen LogP contribution in [0.15, 0.2) is 42.7 Å². The molecular weight excluding hydrogens is 324 g/mol. The summed E-state index contributed by atoms with van der Waals surface area (Å²) in [6, 6.07) is 11.1. The molecule has 0 radical (unpaired) electrons. The maximum Gasteiger partial charge on any atom is 0.163 e. The fourth-order valence-electron chi connectivity index (χ4n) is 2.45. The quantitative estimate of drug-likeness (QED) is 0.721. The summed E-state index contributed by atoms with van der Waals surface area (Å²) in [4.78, 5) is 4.08. The van der Waals surface area contributed by atoms with Gasteiger partial charge in [0.1, 0.15) is 18.4 Å². The second-order valence-corrected chi connectivity index (χ2v) is 5.74. The van der Waals surface area contributed by atoms with Gasteiger partial charge in [0.2, 0.25) is 0 Å². The van der Waals surface area contributed by atoms with E-state index in [-0.39, 0.29) is 0 Å². The van der Waals surface area contributed by atoms with Crippen molar-refractivity contribution in [1.82, 2.24) is 14.8 Å². The van der Waals surface area contributed by atoms with E-state index in [0.717, 1.165) is 28.4 Å². The molecule has 5 nitrogen and oxygen atoms in total. The van der Waals surface area contributed by atoms with Gasteiger partial charge in [-0.3, -0.25) is 4.98 Å². The Kier molecular flexibility index (Phi) is 4.50. The molecule has 0 unspecified atom stereocenters. The van der Waals surface area contributed by atoms with Crippen LogP contribution in [0.4, 0.5) is 0 Å². The van der Waals surface area contributed by atoms with Gasteiger partial charge in [-0.2, -0.15) is 10.4 Å². The predicted octanol–water partition coefficient (Wildman–Crippen LogP) is 3.99. The van der Waals surface area contributed by atoms with Crippen LogP contribution in [0.3, 0.4) is 0 Å². The highest BCUT2D eigenvalue weighted by Gasteiger charge is 2.15. The number of halogens is 1. The third kappa shape index (κ3) is 3.10. The fraction of sp³-hybridized carbons (Fsp3) is 0.167. The smallest absolute Gasteiger partial charge is 0.163 e. The number of aromatic nitrogens is 3. The first-order valence-corrected chi connectivity index (χ1v) is 7.76. The number of pyridine rings is 1. The highest BCUT2D eigenvalue weighted by molar-refractivity contribution is 6.31. The lowest BCUT2D eigenvalue weighted by atomic mass is 10.2. The average molecular weight is 339 g/mol. The van der Waals surface area contributed by atoms with Crippen molar-refractivity contribution in [2.24, 2.45) is 0 Å². The zero-order valence-electron chi connectivity index (χ0n) is 13.3. The first-order valence-electron chi connectivity index (χ1n) is 7.38. The second kappa shape index (κ2) is 6.73. The van der Waals surface area contributed by atoms with E-state index in [2.05, 4.69) is 16.2 Å². The molecule has 6 heteroatoms. The molecule has 0 saturated carbocycles. The first-order chi connectivity index (χ1) is 11.6. The fourth-order valence-corrected chi connectivity index (χ4v) is 2.67. The van der Waals surface area contributed by atoms with Gasteiger partial charge in [-0.1, -0.05) is 17.7 Å². The van der Waals surface area contributed by atoms with Crippen LogP contribution >= 0.6 is 11.6 Å². The van der Waals surface area contributed by atoms with E-state index in [4.69, 9.17) is 21.6 Å². The number of nitriles is 1. The van der Waals surface area contributed by atoms with Crippen molar-refractivity contribution >= 4 is 11.6 Å². The van der Waals surface area contributed by atoms with Crippen molar-refractivity contribution in [3.8, 4) is 17.5 Å². The van der Waals surface area contributed by atoms with E-state index in [1.54, 1.807) is 29.2 Å². The SMILES string of the molecule is Cc1nn(-c2ccc(C#N)c(Cl)c2)c(C)c1OCc1cccnc1. The Morgan fingerprint density at radius 3 is 2.79 bits per heavy atom. The maximum atomic E-state index is 8.98. The number of rotatable bonds is 4. The molecule has 3 rings (SSSR count). The molecular formula is C18H15ClN4O. The Hall–Kier alpha value is -2.84. The van der Waals surface area contributed by atoms with Crippen molar-refractivity contribution in [3.63, 3.8) is 0 Å². The molecule has 0 aliphatic carbocycles. The van der Waals surface area contributed by atoms with E-state index < -0.39 is 0 Å². The van der Waals surface area contributed by atoms with Gasteiger partial charge in [-0.05, 0) is 38.1 Å². The standard InChI is InChI=1S/C18H15ClN4O/c1-12-18(24-11-14-4-3-7-21-10-14)13(2)23(22-12)16-6-5-15(9-20)17(19)8-16/h3-8,10H,11H2,1-2H3. The lowest BCUT2D eigenvalue weighted by Gasteiger charge is -2.08. The van der Waals surface area contributed by atoms with Gasteiger partial charge in [0, 0.05) is 18.0 Å². The monoisotopic (exact) mass is 338 g/mol. The number of hydrogen-bond donors (Lipinski definition) is 0. The van der Waals surface area contributed by atoms with Crippen molar-refractivity contribution in [2.45, 2.75) is 20.5 Å². The summed E-state index contributed by atoms with van der Waals surface area (Å²) in [6.45, 7) is 4.26. The Labute approximate surface area is 145 Å². The number of ether oxygens (including phenoxy) is 1. The van der Waals surface area contributed by atoms with Crippen LogP contribution < -0.4 is 4.74 Å². The molecule has 3 aromatic rings. The van der Waals surface area contributed by atoms with Gasteiger partial charge in [-0.25, -0.2) is 4.68 Å². The predicted molar refractivity (Wildman–Crippen MR) is 91.3 cm³/mol.